The molecule has 18 heteroatoms. The fourth-order valence-corrected chi connectivity index (χ4v) is 7.25. The van der Waals surface area contributed by atoms with Crippen LogP contribution in [0.2, 0.25) is 0 Å². The Hall–Kier alpha value is -7.60. The predicted molar refractivity (Wildman–Crippen MR) is 259 cm³/mol. The maximum absolute atomic E-state index is 14.4. The lowest BCUT2D eigenvalue weighted by atomic mass is 10.0. The molecule has 0 saturated heterocycles. The minimum absolute atomic E-state index is 0.0508. The highest BCUT2D eigenvalue weighted by atomic mass is 16.6. The van der Waals surface area contributed by atoms with E-state index in [1.807, 2.05) is 54.6 Å². The number of nitrogens with two attached hydrogens (primary N) is 1. The number of carbonyl (C=O) groups is 6. The van der Waals surface area contributed by atoms with E-state index in [-0.39, 0.29) is 48.8 Å². The number of nitrogens with one attached hydrogen (secondary N) is 4. The number of alkyl carbamates (subject to hydrolysis) is 1. The van der Waals surface area contributed by atoms with Crippen LogP contribution < -0.4 is 41.2 Å². The Bertz CT molecular complexity index is 2440. The highest BCUT2D eigenvalue weighted by Crippen LogP contribution is 2.37. The number of amides is 5. The number of anilines is 2. The number of unbranched alkanes of at least 4 members (excludes halogenated alkanes) is 1. The Morgan fingerprint density at radius 1 is 0.768 bits per heavy atom. The smallest absolute Gasteiger partial charge is 0.411 e. The Morgan fingerprint density at radius 2 is 1.45 bits per heavy atom. The molecule has 6 N–H and O–H groups in total. The normalized spacial score (nSPS) is 14.0. The van der Waals surface area contributed by atoms with E-state index in [0.29, 0.717) is 42.8 Å². The minimum Gasteiger partial charge on any atom is -0.497 e. The van der Waals surface area contributed by atoms with Gasteiger partial charge in [0.2, 0.25) is 11.8 Å². The summed E-state index contributed by atoms with van der Waals surface area (Å²) in [6.45, 7) is 6.65. The van der Waals surface area contributed by atoms with Gasteiger partial charge in [-0.15, -0.1) is 0 Å². The second kappa shape index (κ2) is 25.0. The maximum Gasteiger partial charge on any atom is 0.411 e. The van der Waals surface area contributed by atoms with Crippen LogP contribution in [0.5, 0.6) is 17.2 Å². The number of rotatable bonds is 21. The zero-order valence-electron chi connectivity index (χ0n) is 40.1. The van der Waals surface area contributed by atoms with E-state index in [1.165, 1.54) is 38.2 Å². The molecule has 3 atom stereocenters. The summed E-state index contributed by atoms with van der Waals surface area (Å²) in [6.07, 6.45) is 2.17. The van der Waals surface area contributed by atoms with Crippen molar-refractivity contribution in [2.45, 2.75) is 90.1 Å². The molecule has 4 aromatic carbocycles. The molecule has 0 radical (unpaired) electrons. The number of esters is 1. The number of benzene rings is 4. The van der Waals surface area contributed by atoms with Gasteiger partial charge >= 0.3 is 18.2 Å². The molecule has 368 valence electrons. The molecule has 0 saturated carbocycles. The van der Waals surface area contributed by atoms with Crippen LogP contribution in [-0.2, 0) is 41.6 Å². The van der Waals surface area contributed by atoms with Crippen molar-refractivity contribution in [2.75, 3.05) is 45.1 Å². The summed E-state index contributed by atoms with van der Waals surface area (Å²) < 4.78 is 32.5. The molecule has 69 heavy (non-hydrogen) atoms. The molecule has 0 bridgehead atoms. The van der Waals surface area contributed by atoms with Crippen LogP contribution in [0.1, 0.15) is 80.4 Å². The van der Waals surface area contributed by atoms with Crippen molar-refractivity contribution in [1.82, 2.24) is 15.5 Å². The van der Waals surface area contributed by atoms with Crippen molar-refractivity contribution in [2.24, 2.45) is 5.73 Å². The van der Waals surface area contributed by atoms with Crippen LogP contribution in [0.25, 0.3) is 5.57 Å². The van der Waals surface area contributed by atoms with Crippen LogP contribution in [0.15, 0.2) is 97.2 Å². The van der Waals surface area contributed by atoms with Crippen molar-refractivity contribution in [3.8, 4) is 17.2 Å². The van der Waals surface area contributed by atoms with Crippen molar-refractivity contribution in [1.29, 1.82) is 0 Å². The van der Waals surface area contributed by atoms with E-state index in [2.05, 4.69) is 21.3 Å². The molecule has 18 nitrogen and oxygen atoms in total. The summed E-state index contributed by atoms with van der Waals surface area (Å²) in [5, 5.41) is 11.0. The maximum atomic E-state index is 14.4. The van der Waals surface area contributed by atoms with Gasteiger partial charge in [-0.25, -0.2) is 9.59 Å². The zero-order valence-corrected chi connectivity index (χ0v) is 40.1. The largest absolute Gasteiger partial charge is 0.497 e. The average Bonchev–Trinajstić information content (AvgIpc) is 3.76. The number of carbonyl (C=O) groups excluding carboxylic acids is 6. The lowest BCUT2D eigenvalue weighted by Crippen LogP contribution is -2.50. The lowest BCUT2D eigenvalue weighted by molar-refractivity contribution is -0.142. The molecule has 1 heterocycles. The van der Waals surface area contributed by atoms with Gasteiger partial charge in [0.25, 0.3) is 5.91 Å². The fraction of sp³-hybridized carbons (Fsp3) is 0.373. The van der Waals surface area contributed by atoms with E-state index in [9.17, 15) is 28.8 Å². The first-order chi connectivity index (χ1) is 33.0. The molecular formula is C51H62N6O12. The second-order valence-electron chi connectivity index (χ2n) is 17.2. The molecule has 0 aliphatic carbocycles. The van der Waals surface area contributed by atoms with Crippen molar-refractivity contribution in [3.05, 3.63) is 119 Å². The Morgan fingerprint density at radius 3 is 2.09 bits per heavy atom. The molecule has 0 unspecified atom stereocenters. The quantitative estimate of drug-likeness (QED) is 0.0323. The summed E-state index contributed by atoms with van der Waals surface area (Å²) in [7, 11) is 4.41. The van der Waals surface area contributed by atoms with Crippen LogP contribution in [0.3, 0.4) is 0 Å². The van der Waals surface area contributed by atoms with Gasteiger partial charge in [-0.3, -0.25) is 24.5 Å². The number of hydrogen-bond donors (Lipinski definition) is 5. The first-order valence-corrected chi connectivity index (χ1v) is 22.4. The van der Waals surface area contributed by atoms with Crippen LogP contribution >= 0.6 is 0 Å². The predicted octanol–water partition coefficient (Wildman–Crippen LogP) is 6.97. The first kappa shape index (κ1) is 52.4. The number of nitrogens with zero attached hydrogens (tertiary/aromatic N) is 1. The fourth-order valence-electron chi connectivity index (χ4n) is 7.25. The second-order valence-corrected chi connectivity index (χ2v) is 17.2. The van der Waals surface area contributed by atoms with Crippen molar-refractivity contribution < 1.29 is 57.2 Å². The molecule has 5 rings (SSSR count). The van der Waals surface area contributed by atoms with E-state index < -0.39 is 59.6 Å². The molecule has 0 aromatic heterocycles. The lowest BCUT2D eigenvalue weighted by Gasteiger charge is -2.25. The number of methoxy groups -OCH3 is 3. The van der Waals surface area contributed by atoms with Gasteiger partial charge in [-0.1, -0.05) is 54.6 Å². The SMILES string of the molecule is COc1ccc(C2=CN(C(=O)c3cc(OC)c(OC)cc3NC(=O)OCc3ccc(NC(=O)[C@H](CCCCNC(=O)OC(C)(C)C)NC(=O)[C@@H](N)Cc4ccccc4)cc3)[C@H](COC(C)=O)C2)cc1. The van der Waals surface area contributed by atoms with Crippen LogP contribution in [-0.4, -0.2) is 99.0 Å². The monoisotopic (exact) mass is 950 g/mol. The van der Waals surface area contributed by atoms with E-state index in [1.54, 1.807) is 58.3 Å². The summed E-state index contributed by atoms with van der Waals surface area (Å²) in [4.78, 5) is 80.1. The van der Waals surface area contributed by atoms with Gasteiger partial charge in [0.1, 0.15) is 30.6 Å². The third-order valence-corrected chi connectivity index (χ3v) is 10.8. The van der Waals surface area contributed by atoms with Crippen LogP contribution in [0, 0.1) is 0 Å². The van der Waals surface area contributed by atoms with E-state index in [0.717, 1.165) is 16.7 Å². The van der Waals surface area contributed by atoms with Gasteiger partial charge in [-0.05, 0) is 105 Å². The van der Waals surface area contributed by atoms with E-state index >= 15 is 0 Å². The Labute approximate surface area is 402 Å². The third kappa shape index (κ3) is 16.0. The minimum atomic E-state index is -0.947. The first-order valence-electron chi connectivity index (χ1n) is 22.4. The van der Waals surface area contributed by atoms with Gasteiger partial charge in [0, 0.05) is 31.4 Å². The topological polar surface area (TPSA) is 235 Å². The Kier molecular flexibility index (Phi) is 18.9. The molecule has 4 aromatic rings. The van der Waals surface area contributed by atoms with Crippen LogP contribution in [0.4, 0.5) is 21.0 Å². The Balaban J connectivity index is 1.24. The summed E-state index contributed by atoms with van der Waals surface area (Å²) in [5.74, 6) is -0.844. The average molecular weight is 951 g/mol. The molecular weight excluding hydrogens is 889 g/mol. The van der Waals surface area contributed by atoms with Gasteiger partial charge < -0.3 is 55.0 Å². The molecule has 0 spiro atoms. The molecule has 0 fully saturated rings. The summed E-state index contributed by atoms with van der Waals surface area (Å²) in [5.41, 5.74) is 9.25. The van der Waals surface area contributed by atoms with Gasteiger partial charge in [-0.2, -0.15) is 0 Å². The highest BCUT2D eigenvalue weighted by Gasteiger charge is 2.34. The van der Waals surface area contributed by atoms with E-state index in [4.69, 9.17) is 34.2 Å². The molecule has 1 aliphatic rings. The molecule has 5 amide bonds. The van der Waals surface area contributed by atoms with Crippen molar-refractivity contribution >= 4 is 52.8 Å². The third-order valence-electron chi connectivity index (χ3n) is 10.8. The summed E-state index contributed by atoms with van der Waals surface area (Å²) >= 11 is 0. The van der Waals surface area contributed by atoms with Gasteiger partial charge in [0.15, 0.2) is 11.5 Å². The number of ether oxygens (including phenoxy) is 6. The zero-order chi connectivity index (χ0) is 50.1. The summed E-state index contributed by atoms with van der Waals surface area (Å²) in [6, 6.07) is 23.7. The highest BCUT2D eigenvalue weighted by molar-refractivity contribution is 6.05. The molecule has 1 aliphatic heterocycles. The standard InChI is InChI=1S/C51H62N6O12/c1-32(58)67-31-38-26-36(35-18-22-39(64-5)23-19-35)29-57(38)48(61)40-27-44(65-6)45(66-7)28-43(40)56-50(63)68-30-34-16-20-37(21-17-34)54-47(60)42(15-11-12-24-53-49(62)69-51(2,3)4)55-46(59)41(52)25-33-13-9-8-10-14-33/h8-10,13-14,16-23,27-29,38,41-42H,11-12,15,24-26,30-31,52H2,1-7H3,(H,53,62)(H,54,60)(H,55,59)(H,56,63)/t38-,41-,42-/m0/s1. The number of hydrogen-bond acceptors (Lipinski definition) is 13. The van der Waals surface area contributed by atoms with Gasteiger partial charge in [0.05, 0.1) is 44.7 Å². The van der Waals surface area contributed by atoms with Crippen molar-refractivity contribution in [3.63, 3.8) is 0 Å².